The lowest BCUT2D eigenvalue weighted by atomic mass is 10.1. The molecule has 1 atom stereocenters. The Balaban J connectivity index is 2.38. The molecule has 0 aliphatic rings. The van der Waals surface area contributed by atoms with Gasteiger partial charge in [0.25, 0.3) is 0 Å². The zero-order valence-corrected chi connectivity index (χ0v) is 21.3. The summed E-state index contributed by atoms with van der Waals surface area (Å²) in [5.74, 6) is -1.28. The molecule has 2 amide bonds. The van der Waals surface area contributed by atoms with Crippen LogP contribution in [0.3, 0.4) is 0 Å². The Bertz CT molecular complexity index is 1100. The third kappa shape index (κ3) is 7.55. The van der Waals surface area contributed by atoms with Crippen molar-refractivity contribution in [2.75, 3.05) is 23.7 Å². The van der Waals surface area contributed by atoms with E-state index in [9.17, 15) is 22.4 Å². The van der Waals surface area contributed by atoms with Crippen molar-refractivity contribution in [2.45, 2.75) is 53.1 Å². The van der Waals surface area contributed by atoms with E-state index in [1.165, 1.54) is 29.2 Å². The Morgan fingerprint density at radius 3 is 2.32 bits per heavy atom. The number of nitrogens with one attached hydrogen (secondary N) is 1. The second-order valence-corrected chi connectivity index (χ2v) is 10.4. The molecule has 0 aromatic heterocycles. The largest absolute Gasteiger partial charge is 0.354 e. The number of amides is 2. The molecule has 1 N–H and O–H groups in total. The van der Waals surface area contributed by atoms with Crippen molar-refractivity contribution in [1.82, 2.24) is 10.2 Å². The highest BCUT2D eigenvalue weighted by Gasteiger charge is 2.30. The second kappa shape index (κ2) is 12.0. The molecule has 0 spiro atoms. The molecule has 1 unspecified atom stereocenters. The van der Waals surface area contributed by atoms with Gasteiger partial charge in [-0.25, -0.2) is 12.8 Å². The summed E-state index contributed by atoms with van der Waals surface area (Å²) in [5.41, 5.74) is 2.60. The summed E-state index contributed by atoms with van der Waals surface area (Å²) < 4.78 is 39.8. The van der Waals surface area contributed by atoms with Crippen LogP contribution in [0.15, 0.2) is 42.5 Å². The number of nitrogens with zero attached hydrogens (tertiary/aromatic N) is 2. The monoisotopic (exact) mass is 491 g/mol. The van der Waals surface area contributed by atoms with Crippen molar-refractivity contribution in [3.05, 3.63) is 65.0 Å². The van der Waals surface area contributed by atoms with Crippen molar-refractivity contribution in [2.24, 2.45) is 0 Å². The summed E-state index contributed by atoms with van der Waals surface area (Å²) in [6.07, 6.45) is 2.76. The molecule has 2 aromatic carbocycles. The van der Waals surface area contributed by atoms with Gasteiger partial charge in [-0.3, -0.25) is 13.9 Å². The first-order valence-electron chi connectivity index (χ1n) is 11.3. The molecule has 9 heteroatoms. The quantitative estimate of drug-likeness (QED) is 0.487. The van der Waals surface area contributed by atoms with E-state index in [1.807, 2.05) is 19.9 Å². The Morgan fingerprint density at radius 1 is 1.09 bits per heavy atom. The zero-order chi connectivity index (χ0) is 25.5. The fourth-order valence-electron chi connectivity index (χ4n) is 3.49. The number of carbonyl (C=O) groups excluding carboxylic acids is 2. The van der Waals surface area contributed by atoms with Crippen LogP contribution in [0.5, 0.6) is 0 Å². The average Bonchev–Trinajstić information content (AvgIpc) is 2.77. The number of sulfonamides is 1. The van der Waals surface area contributed by atoms with Crippen molar-refractivity contribution < 1.29 is 22.4 Å². The summed E-state index contributed by atoms with van der Waals surface area (Å²) in [6.45, 7) is 7.28. The van der Waals surface area contributed by atoms with Crippen LogP contribution < -0.4 is 9.62 Å². The molecule has 0 fully saturated rings. The maximum atomic E-state index is 13.5. The molecule has 2 rings (SSSR count). The predicted octanol–water partition coefficient (Wildman–Crippen LogP) is 3.54. The van der Waals surface area contributed by atoms with Gasteiger partial charge >= 0.3 is 0 Å². The first-order valence-corrected chi connectivity index (χ1v) is 13.2. The third-order valence-electron chi connectivity index (χ3n) is 5.58. The first-order chi connectivity index (χ1) is 15.9. The number of benzene rings is 2. The van der Waals surface area contributed by atoms with E-state index in [1.54, 1.807) is 26.0 Å². The Hall–Kier alpha value is -2.94. The van der Waals surface area contributed by atoms with E-state index in [4.69, 9.17) is 0 Å². The van der Waals surface area contributed by atoms with Gasteiger partial charge in [0.15, 0.2) is 0 Å². The highest BCUT2D eigenvalue weighted by molar-refractivity contribution is 7.92. The maximum absolute atomic E-state index is 13.5. The molecule has 0 saturated carbocycles. The summed E-state index contributed by atoms with van der Waals surface area (Å²) in [5, 5.41) is 2.82. The molecule has 0 aliphatic heterocycles. The first kappa shape index (κ1) is 27.3. The number of hydrogen-bond acceptors (Lipinski definition) is 4. The number of halogens is 1. The smallest absolute Gasteiger partial charge is 0.244 e. The van der Waals surface area contributed by atoms with Gasteiger partial charge in [-0.15, -0.1) is 0 Å². The Kier molecular flexibility index (Phi) is 9.61. The Labute approximate surface area is 202 Å². The lowest BCUT2D eigenvalue weighted by molar-refractivity contribution is -0.139. The van der Waals surface area contributed by atoms with Crippen LogP contribution in [-0.4, -0.2) is 50.5 Å². The van der Waals surface area contributed by atoms with Crippen LogP contribution in [0.2, 0.25) is 0 Å². The van der Waals surface area contributed by atoms with Crippen LogP contribution in [0.1, 0.15) is 43.4 Å². The molecule has 0 aliphatic carbocycles. The van der Waals surface area contributed by atoms with Gasteiger partial charge in [0.05, 0.1) is 11.9 Å². The van der Waals surface area contributed by atoms with Crippen molar-refractivity contribution in [3.8, 4) is 0 Å². The van der Waals surface area contributed by atoms with Crippen molar-refractivity contribution >= 4 is 27.5 Å². The minimum Gasteiger partial charge on any atom is -0.354 e. The fourth-order valence-corrected chi connectivity index (χ4v) is 4.39. The molecule has 0 saturated heterocycles. The summed E-state index contributed by atoms with van der Waals surface area (Å²) in [6, 6.07) is 10.2. The van der Waals surface area contributed by atoms with E-state index in [-0.39, 0.29) is 12.5 Å². The second-order valence-electron chi connectivity index (χ2n) is 8.53. The van der Waals surface area contributed by atoms with Crippen LogP contribution in [0, 0.1) is 19.7 Å². The molecule has 2 aromatic rings. The molecule has 0 bridgehead atoms. The highest BCUT2D eigenvalue weighted by Crippen LogP contribution is 2.24. The van der Waals surface area contributed by atoms with Gasteiger partial charge in [0.1, 0.15) is 18.4 Å². The Morgan fingerprint density at radius 2 is 1.74 bits per heavy atom. The number of carbonyl (C=O) groups is 2. The van der Waals surface area contributed by atoms with Gasteiger partial charge in [0.2, 0.25) is 21.8 Å². The average molecular weight is 492 g/mol. The van der Waals surface area contributed by atoms with E-state index < -0.39 is 34.3 Å². The molecular formula is C25H34FN3O4S. The summed E-state index contributed by atoms with van der Waals surface area (Å²) in [4.78, 5) is 27.6. The zero-order valence-electron chi connectivity index (χ0n) is 20.5. The summed E-state index contributed by atoms with van der Waals surface area (Å²) in [7, 11) is -3.79. The third-order valence-corrected chi connectivity index (χ3v) is 6.70. The lowest BCUT2D eigenvalue weighted by Gasteiger charge is -2.32. The molecular weight excluding hydrogens is 457 g/mol. The van der Waals surface area contributed by atoms with E-state index in [2.05, 4.69) is 5.32 Å². The molecule has 0 radical (unpaired) electrons. The standard InChI is InChI=1S/C25H34FN3O4S/c1-6-7-14-27-25(31)20(4)28(16-21-10-12-22(26)13-11-21)24(30)17-29(34(5,32)33)23-15-18(2)8-9-19(23)3/h8-13,15,20H,6-7,14,16-17H2,1-5H3,(H,27,31). The van der Waals surface area contributed by atoms with Crippen LogP contribution in [-0.2, 0) is 26.2 Å². The van der Waals surface area contributed by atoms with Gasteiger partial charge in [-0.05, 0) is 62.1 Å². The van der Waals surface area contributed by atoms with E-state index >= 15 is 0 Å². The minimum atomic E-state index is -3.79. The molecule has 186 valence electrons. The van der Waals surface area contributed by atoms with Crippen LogP contribution in [0.4, 0.5) is 10.1 Å². The van der Waals surface area contributed by atoms with Crippen molar-refractivity contribution in [1.29, 1.82) is 0 Å². The SMILES string of the molecule is CCCCNC(=O)C(C)N(Cc1ccc(F)cc1)C(=O)CN(c1cc(C)ccc1C)S(C)(=O)=O. The number of rotatable bonds is 11. The maximum Gasteiger partial charge on any atom is 0.244 e. The van der Waals surface area contributed by atoms with Gasteiger partial charge < -0.3 is 10.2 Å². The number of hydrogen-bond donors (Lipinski definition) is 1. The highest BCUT2D eigenvalue weighted by atomic mass is 32.2. The van der Waals surface area contributed by atoms with Gasteiger partial charge in [-0.2, -0.15) is 0 Å². The van der Waals surface area contributed by atoms with E-state index in [0.29, 0.717) is 23.4 Å². The number of anilines is 1. The number of aryl methyl sites for hydroxylation is 2. The van der Waals surface area contributed by atoms with E-state index in [0.717, 1.165) is 29.0 Å². The molecule has 7 nitrogen and oxygen atoms in total. The predicted molar refractivity (Wildman–Crippen MR) is 132 cm³/mol. The molecule has 34 heavy (non-hydrogen) atoms. The van der Waals surface area contributed by atoms with Crippen LogP contribution in [0.25, 0.3) is 0 Å². The molecule has 0 heterocycles. The number of unbranched alkanes of at least 4 members (excludes halogenated alkanes) is 1. The van der Waals surface area contributed by atoms with Gasteiger partial charge in [-0.1, -0.05) is 37.6 Å². The van der Waals surface area contributed by atoms with Gasteiger partial charge in [0, 0.05) is 13.1 Å². The fraction of sp³-hybridized carbons (Fsp3) is 0.440. The van der Waals surface area contributed by atoms with Crippen molar-refractivity contribution in [3.63, 3.8) is 0 Å². The summed E-state index contributed by atoms with van der Waals surface area (Å²) >= 11 is 0. The normalized spacial score (nSPS) is 12.2. The van der Waals surface area contributed by atoms with Crippen LogP contribution >= 0.6 is 0 Å². The lowest BCUT2D eigenvalue weighted by Crippen LogP contribution is -2.51. The topological polar surface area (TPSA) is 86.8 Å². The minimum absolute atomic E-state index is 0.0336.